The van der Waals surface area contributed by atoms with E-state index in [9.17, 15) is 4.79 Å². The van der Waals surface area contributed by atoms with E-state index in [1.807, 2.05) is 11.9 Å². The van der Waals surface area contributed by atoms with Crippen molar-refractivity contribution in [2.24, 2.45) is 11.7 Å². The summed E-state index contributed by atoms with van der Waals surface area (Å²) in [5.41, 5.74) is 6.15. The number of rotatable bonds is 5. The van der Waals surface area contributed by atoms with Gasteiger partial charge < -0.3 is 15.7 Å². The Bertz CT molecular complexity index is 534. The van der Waals surface area contributed by atoms with Gasteiger partial charge in [0.25, 0.3) is 5.56 Å². The first kappa shape index (κ1) is 16.3. The molecule has 0 bridgehead atoms. The van der Waals surface area contributed by atoms with Crippen molar-refractivity contribution in [3.8, 4) is 0 Å². The highest BCUT2D eigenvalue weighted by atomic mass is 35.5. The molecular weight excluding hydrogens is 292 g/mol. The van der Waals surface area contributed by atoms with E-state index in [-0.39, 0.29) is 29.8 Å². The molecule has 1 aromatic rings. The fraction of sp³-hybridized carbons (Fsp3) is 0.714. The van der Waals surface area contributed by atoms with E-state index in [4.69, 9.17) is 22.4 Å². The molecule has 3 N–H and O–H groups in total. The van der Waals surface area contributed by atoms with Crippen LogP contribution in [0, 0.1) is 5.92 Å². The fourth-order valence-corrected chi connectivity index (χ4v) is 3.39. The maximum absolute atomic E-state index is 12.1. The molecular formula is C14H23ClN4O2. The maximum Gasteiger partial charge on any atom is 0.287 e. The Kier molecular flexibility index (Phi) is 5.61. The first-order chi connectivity index (χ1) is 10.1. The molecule has 1 aromatic heterocycles. The minimum Gasteiger partial charge on any atom is -0.394 e. The summed E-state index contributed by atoms with van der Waals surface area (Å²) in [5.74, 6) is 0.416. The van der Waals surface area contributed by atoms with Crippen molar-refractivity contribution in [1.82, 2.24) is 9.78 Å². The summed E-state index contributed by atoms with van der Waals surface area (Å²) < 4.78 is 1.18. The number of hydrogen-bond acceptors (Lipinski definition) is 5. The molecule has 1 aliphatic rings. The van der Waals surface area contributed by atoms with Gasteiger partial charge in [0.15, 0.2) is 0 Å². The number of aliphatic hydroxyl groups excluding tert-OH is 1. The molecule has 21 heavy (non-hydrogen) atoms. The SMILES string of the molecule is CN(c1cnn(CCO)c(=O)c1Cl)C1CCCCC1CN. The van der Waals surface area contributed by atoms with Crippen LogP contribution >= 0.6 is 11.6 Å². The zero-order chi connectivity index (χ0) is 15.4. The molecule has 0 aliphatic heterocycles. The molecule has 2 rings (SSSR count). The van der Waals surface area contributed by atoms with E-state index < -0.39 is 0 Å². The Hall–Kier alpha value is -1.11. The number of aliphatic hydroxyl groups is 1. The molecule has 0 spiro atoms. The molecule has 6 nitrogen and oxygen atoms in total. The average molecular weight is 315 g/mol. The van der Waals surface area contributed by atoms with Crippen LogP contribution in [0.2, 0.25) is 5.02 Å². The summed E-state index contributed by atoms with van der Waals surface area (Å²) in [7, 11) is 1.94. The number of nitrogens with zero attached hydrogens (tertiary/aromatic N) is 3. The maximum atomic E-state index is 12.1. The summed E-state index contributed by atoms with van der Waals surface area (Å²) in [6.07, 6.45) is 6.13. The highest BCUT2D eigenvalue weighted by Gasteiger charge is 2.29. The lowest BCUT2D eigenvalue weighted by Crippen LogP contribution is -2.44. The topological polar surface area (TPSA) is 84.4 Å². The molecule has 118 valence electrons. The lowest BCUT2D eigenvalue weighted by molar-refractivity contribution is 0.266. The van der Waals surface area contributed by atoms with Crippen molar-refractivity contribution < 1.29 is 5.11 Å². The number of anilines is 1. The molecule has 0 aromatic carbocycles. The van der Waals surface area contributed by atoms with Gasteiger partial charge in [-0.05, 0) is 25.3 Å². The van der Waals surface area contributed by atoms with Crippen LogP contribution in [0.5, 0.6) is 0 Å². The number of aromatic nitrogens is 2. The number of halogens is 1. The molecule has 0 radical (unpaired) electrons. The van der Waals surface area contributed by atoms with Gasteiger partial charge in [-0.3, -0.25) is 4.79 Å². The van der Waals surface area contributed by atoms with Gasteiger partial charge in [0.2, 0.25) is 0 Å². The molecule has 0 amide bonds. The van der Waals surface area contributed by atoms with Gasteiger partial charge in [-0.15, -0.1) is 0 Å². The molecule has 1 aliphatic carbocycles. The fourth-order valence-electron chi connectivity index (χ4n) is 3.11. The Morgan fingerprint density at radius 2 is 2.24 bits per heavy atom. The summed E-state index contributed by atoms with van der Waals surface area (Å²) in [6.45, 7) is 0.648. The monoisotopic (exact) mass is 314 g/mol. The molecule has 2 unspecified atom stereocenters. The quantitative estimate of drug-likeness (QED) is 0.841. The third kappa shape index (κ3) is 3.39. The molecule has 0 saturated heterocycles. The second kappa shape index (κ2) is 7.24. The van der Waals surface area contributed by atoms with E-state index in [0.29, 0.717) is 18.2 Å². The van der Waals surface area contributed by atoms with Crippen molar-refractivity contribution in [2.75, 3.05) is 25.1 Å². The number of nitrogens with two attached hydrogens (primary N) is 1. The third-order valence-electron chi connectivity index (χ3n) is 4.33. The van der Waals surface area contributed by atoms with Crippen LogP contribution < -0.4 is 16.2 Å². The van der Waals surface area contributed by atoms with Crippen LogP contribution in [0.4, 0.5) is 5.69 Å². The lowest BCUT2D eigenvalue weighted by Gasteiger charge is -2.38. The second-order valence-corrected chi connectivity index (χ2v) is 5.93. The Balaban J connectivity index is 2.28. The predicted molar refractivity (Wildman–Crippen MR) is 83.8 cm³/mol. The Morgan fingerprint density at radius 3 is 2.90 bits per heavy atom. The van der Waals surface area contributed by atoms with Gasteiger partial charge in [-0.1, -0.05) is 24.4 Å². The van der Waals surface area contributed by atoms with Gasteiger partial charge in [0.05, 0.1) is 25.0 Å². The third-order valence-corrected chi connectivity index (χ3v) is 4.68. The van der Waals surface area contributed by atoms with Crippen LogP contribution in [0.15, 0.2) is 11.0 Å². The molecule has 2 atom stereocenters. The van der Waals surface area contributed by atoms with Crippen molar-refractivity contribution in [3.05, 3.63) is 21.6 Å². The van der Waals surface area contributed by atoms with Crippen LogP contribution in [0.25, 0.3) is 0 Å². The second-order valence-electron chi connectivity index (χ2n) is 5.55. The van der Waals surface area contributed by atoms with Crippen molar-refractivity contribution in [2.45, 2.75) is 38.3 Å². The lowest BCUT2D eigenvalue weighted by atomic mass is 9.83. The molecule has 1 heterocycles. The summed E-state index contributed by atoms with van der Waals surface area (Å²) in [6, 6.07) is 0.288. The summed E-state index contributed by atoms with van der Waals surface area (Å²) in [4.78, 5) is 14.2. The van der Waals surface area contributed by atoms with Crippen molar-refractivity contribution in [1.29, 1.82) is 0 Å². The van der Waals surface area contributed by atoms with E-state index in [2.05, 4.69) is 5.10 Å². The van der Waals surface area contributed by atoms with Crippen LogP contribution in [0.1, 0.15) is 25.7 Å². The zero-order valence-electron chi connectivity index (χ0n) is 12.3. The van der Waals surface area contributed by atoms with E-state index in [1.54, 1.807) is 6.20 Å². The molecule has 1 saturated carbocycles. The predicted octanol–water partition coefficient (Wildman–Crippen LogP) is 0.843. The highest BCUT2D eigenvalue weighted by molar-refractivity contribution is 6.33. The van der Waals surface area contributed by atoms with E-state index >= 15 is 0 Å². The van der Waals surface area contributed by atoms with Crippen LogP contribution in [-0.4, -0.2) is 41.1 Å². The smallest absolute Gasteiger partial charge is 0.287 e. The van der Waals surface area contributed by atoms with Gasteiger partial charge in [-0.2, -0.15) is 5.10 Å². The largest absolute Gasteiger partial charge is 0.394 e. The van der Waals surface area contributed by atoms with E-state index in [1.165, 1.54) is 11.1 Å². The van der Waals surface area contributed by atoms with Crippen LogP contribution in [-0.2, 0) is 6.54 Å². The number of hydrogen-bond donors (Lipinski definition) is 2. The minimum absolute atomic E-state index is 0.143. The standard InChI is InChI=1S/C14H23ClN4O2/c1-18(11-5-3-2-4-10(11)8-16)12-9-17-19(6-7-20)14(21)13(12)15/h9-11,20H,2-8,16H2,1H3. The highest BCUT2D eigenvalue weighted by Crippen LogP contribution is 2.31. The van der Waals surface area contributed by atoms with Gasteiger partial charge in [0.1, 0.15) is 5.02 Å². The molecule has 1 fully saturated rings. The van der Waals surface area contributed by atoms with Gasteiger partial charge >= 0.3 is 0 Å². The van der Waals surface area contributed by atoms with Crippen molar-refractivity contribution >= 4 is 17.3 Å². The summed E-state index contributed by atoms with van der Waals surface area (Å²) >= 11 is 6.21. The van der Waals surface area contributed by atoms with Crippen molar-refractivity contribution in [3.63, 3.8) is 0 Å². The summed E-state index contributed by atoms with van der Waals surface area (Å²) in [5, 5.41) is 13.2. The normalized spacial score (nSPS) is 22.3. The van der Waals surface area contributed by atoms with Gasteiger partial charge in [-0.25, -0.2) is 4.68 Å². The van der Waals surface area contributed by atoms with Crippen LogP contribution in [0.3, 0.4) is 0 Å². The molecule has 7 heteroatoms. The van der Waals surface area contributed by atoms with E-state index in [0.717, 1.165) is 19.3 Å². The first-order valence-electron chi connectivity index (χ1n) is 7.39. The minimum atomic E-state index is -0.366. The Labute approximate surface area is 129 Å². The Morgan fingerprint density at radius 1 is 1.52 bits per heavy atom. The average Bonchev–Trinajstić information content (AvgIpc) is 2.51. The zero-order valence-corrected chi connectivity index (χ0v) is 13.1. The first-order valence-corrected chi connectivity index (χ1v) is 7.77. The van der Waals surface area contributed by atoms with Gasteiger partial charge in [0, 0.05) is 13.1 Å².